The Morgan fingerprint density at radius 1 is 1.41 bits per heavy atom. The van der Waals surface area contributed by atoms with Crippen LogP contribution in [0.4, 0.5) is 18.9 Å². The normalized spacial score (nSPS) is 18.0. The van der Waals surface area contributed by atoms with Crippen LogP contribution in [0.25, 0.3) is 0 Å². The van der Waals surface area contributed by atoms with Gasteiger partial charge in [-0.1, -0.05) is 11.6 Å². The first-order valence-corrected chi connectivity index (χ1v) is 8.24. The molecule has 1 saturated heterocycles. The molecule has 0 spiro atoms. The number of methoxy groups -OCH3 is 1. The Balaban J connectivity index is 2.07. The van der Waals surface area contributed by atoms with Gasteiger partial charge in [0.25, 0.3) is 0 Å². The molecule has 11 heteroatoms. The standard InChI is InChI=1S/C16H17ClF3N3O4/c1-27-14(25)7-12-15(26)21-4-5-23(12)8-13(24)22-9-2-3-11(17)10(6-9)16(18,19)20/h2-3,6,12H,4-5,7-8H2,1H3,(H,21,26)(H,22,24)/t12-/m0/s1. The number of piperazine rings is 1. The Labute approximate surface area is 157 Å². The first-order valence-electron chi connectivity index (χ1n) is 7.87. The lowest BCUT2D eigenvalue weighted by atomic mass is 10.1. The quantitative estimate of drug-likeness (QED) is 0.725. The highest BCUT2D eigenvalue weighted by Gasteiger charge is 2.34. The van der Waals surface area contributed by atoms with Crippen LogP contribution in [0.15, 0.2) is 18.2 Å². The molecule has 7 nitrogen and oxygen atoms in total. The first kappa shape index (κ1) is 21.0. The fourth-order valence-electron chi connectivity index (χ4n) is 2.62. The van der Waals surface area contributed by atoms with Crippen molar-refractivity contribution in [3.05, 3.63) is 28.8 Å². The van der Waals surface area contributed by atoms with E-state index in [1.165, 1.54) is 18.1 Å². The Hall–Kier alpha value is -2.33. The summed E-state index contributed by atoms with van der Waals surface area (Å²) in [5.41, 5.74) is -1.15. The molecule has 2 rings (SSSR count). The van der Waals surface area contributed by atoms with Crippen LogP contribution >= 0.6 is 11.6 Å². The Morgan fingerprint density at radius 3 is 2.74 bits per heavy atom. The average Bonchev–Trinajstić information content (AvgIpc) is 2.58. The van der Waals surface area contributed by atoms with Gasteiger partial charge >= 0.3 is 12.1 Å². The highest BCUT2D eigenvalue weighted by Crippen LogP contribution is 2.36. The van der Waals surface area contributed by atoms with Crippen LogP contribution in [0.5, 0.6) is 0 Å². The van der Waals surface area contributed by atoms with Gasteiger partial charge in [0.15, 0.2) is 0 Å². The number of carbonyl (C=O) groups is 3. The fourth-order valence-corrected chi connectivity index (χ4v) is 2.84. The van der Waals surface area contributed by atoms with Gasteiger partial charge in [-0.25, -0.2) is 0 Å². The molecule has 1 aliphatic heterocycles. The van der Waals surface area contributed by atoms with E-state index in [0.717, 1.165) is 12.1 Å². The number of carbonyl (C=O) groups excluding carboxylic acids is 3. The molecule has 1 aliphatic rings. The van der Waals surface area contributed by atoms with Gasteiger partial charge in [-0.15, -0.1) is 0 Å². The molecule has 0 aromatic heterocycles. The number of hydrogen-bond donors (Lipinski definition) is 2. The van der Waals surface area contributed by atoms with Gasteiger partial charge in [-0.3, -0.25) is 19.3 Å². The van der Waals surface area contributed by atoms with E-state index in [2.05, 4.69) is 15.4 Å². The van der Waals surface area contributed by atoms with E-state index in [1.54, 1.807) is 0 Å². The maximum atomic E-state index is 12.9. The van der Waals surface area contributed by atoms with Crippen molar-refractivity contribution < 1.29 is 32.3 Å². The molecule has 1 aromatic rings. The minimum atomic E-state index is -4.66. The molecule has 0 radical (unpaired) electrons. The number of hydrogen-bond acceptors (Lipinski definition) is 5. The molecule has 1 aromatic carbocycles. The van der Waals surface area contributed by atoms with E-state index in [9.17, 15) is 27.6 Å². The van der Waals surface area contributed by atoms with E-state index in [4.69, 9.17) is 11.6 Å². The maximum Gasteiger partial charge on any atom is 0.417 e. The largest absolute Gasteiger partial charge is 0.469 e. The highest BCUT2D eigenvalue weighted by atomic mass is 35.5. The first-order chi connectivity index (χ1) is 12.6. The molecular weight excluding hydrogens is 391 g/mol. The number of rotatable bonds is 5. The maximum absolute atomic E-state index is 12.9. The third kappa shape index (κ3) is 5.57. The lowest BCUT2D eigenvalue weighted by Crippen LogP contribution is -2.57. The van der Waals surface area contributed by atoms with Crippen LogP contribution in [0.2, 0.25) is 5.02 Å². The molecule has 27 heavy (non-hydrogen) atoms. The van der Waals surface area contributed by atoms with E-state index in [0.29, 0.717) is 6.54 Å². The van der Waals surface area contributed by atoms with Gasteiger partial charge < -0.3 is 15.4 Å². The number of anilines is 1. The van der Waals surface area contributed by atoms with Crippen LogP contribution in [0.1, 0.15) is 12.0 Å². The van der Waals surface area contributed by atoms with Crippen LogP contribution in [-0.4, -0.2) is 55.5 Å². The lowest BCUT2D eigenvalue weighted by molar-refractivity contribution is -0.146. The van der Waals surface area contributed by atoms with Crippen molar-refractivity contribution in [2.24, 2.45) is 0 Å². The van der Waals surface area contributed by atoms with E-state index < -0.39 is 40.6 Å². The minimum Gasteiger partial charge on any atom is -0.469 e. The second-order valence-corrected chi connectivity index (χ2v) is 6.21. The molecule has 0 aliphatic carbocycles. The summed E-state index contributed by atoms with van der Waals surface area (Å²) >= 11 is 5.54. The van der Waals surface area contributed by atoms with Crippen molar-refractivity contribution in [2.75, 3.05) is 32.1 Å². The van der Waals surface area contributed by atoms with Crippen LogP contribution in [0.3, 0.4) is 0 Å². The number of alkyl halides is 3. The van der Waals surface area contributed by atoms with Crippen LogP contribution in [-0.2, 0) is 25.3 Å². The van der Waals surface area contributed by atoms with Crippen molar-refractivity contribution in [1.82, 2.24) is 10.2 Å². The minimum absolute atomic E-state index is 0.0808. The van der Waals surface area contributed by atoms with Crippen molar-refractivity contribution in [3.8, 4) is 0 Å². The van der Waals surface area contributed by atoms with E-state index in [1.807, 2.05) is 0 Å². The lowest BCUT2D eigenvalue weighted by Gasteiger charge is -2.33. The van der Waals surface area contributed by atoms with E-state index >= 15 is 0 Å². The second-order valence-electron chi connectivity index (χ2n) is 5.80. The zero-order valence-electron chi connectivity index (χ0n) is 14.2. The van der Waals surface area contributed by atoms with Crippen LogP contribution in [0, 0.1) is 0 Å². The molecule has 2 amide bonds. The van der Waals surface area contributed by atoms with Crippen molar-refractivity contribution >= 4 is 35.1 Å². The molecule has 148 valence electrons. The second kappa shape index (κ2) is 8.57. The Kier molecular flexibility index (Phi) is 6.66. The summed E-state index contributed by atoms with van der Waals surface area (Å²) in [5.74, 6) is -1.67. The third-order valence-corrected chi connectivity index (χ3v) is 4.26. The van der Waals surface area contributed by atoms with Gasteiger partial charge in [0.2, 0.25) is 11.8 Å². The molecule has 1 fully saturated rings. The van der Waals surface area contributed by atoms with Gasteiger partial charge in [0, 0.05) is 18.8 Å². The molecule has 1 heterocycles. The summed E-state index contributed by atoms with van der Waals surface area (Å²) in [7, 11) is 1.18. The summed E-state index contributed by atoms with van der Waals surface area (Å²) in [5, 5.41) is 4.45. The topological polar surface area (TPSA) is 87.7 Å². The smallest absolute Gasteiger partial charge is 0.417 e. The number of nitrogens with zero attached hydrogens (tertiary/aromatic N) is 1. The van der Waals surface area contributed by atoms with Crippen LogP contribution < -0.4 is 10.6 Å². The van der Waals surface area contributed by atoms with Crippen molar-refractivity contribution in [2.45, 2.75) is 18.6 Å². The number of ether oxygens (including phenoxy) is 1. The van der Waals surface area contributed by atoms with Gasteiger partial charge in [-0.05, 0) is 18.2 Å². The summed E-state index contributed by atoms with van der Waals surface area (Å²) in [6.07, 6.45) is -4.90. The van der Waals surface area contributed by atoms with Gasteiger partial charge in [-0.2, -0.15) is 13.2 Å². The molecular formula is C16H17ClF3N3O4. The predicted octanol–water partition coefficient (Wildman–Crippen LogP) is 1.66. The fraction of sp³-hybridized carbons (Fsp3) is 0.438. The highest BCUT2D eigenvalue weighted by molar-refractivity contribution is 6.31. The predicted molar refractivity (Wildman–Crippen MR) is 90.1 cm³/mol. The monoisotopic (exact) mass is 407 g/mol. The zero-order valence-corrected chi connectivity index (χ0v) is 15.0. The van der Waals surface area contributed by atoms with Gasteiger partial charge in [0.05, 0.1) is 30.7 Å². The number of halogens is 4. The molecule has 2 N–H and O–H groups in total. The zero-order chi connectivity index (χ0) is 20.2. The van der Waals surface area contributed by atoms with Crippen molar-refractivity contribution in [3.63, 3.8) is 0 Å². The van der Waals surface area contributed by atoms with E-state index in [-0.39, 0.29) is 25.2 Å². The molecule has 0 bridgehead atoms. The Bertz CT molecular complexity index is 742. The number of nitrogens with one attached hydrogen (secondary N) is 2. The number of amides is 2. The Morgan fingerprint density at radius 2 is 2.11 bits per heavy atom. The summed E-state index contributed by atoms with van der Waals surface area (Å²) in [4.78, 5) is 37.1. The average molecular weight is 408 g/mol. The molecule has 1 atom stereocenters. The van der Waals surface area contributed by atoms with Gasteiger partial charge in [0.1, 0.15) is 6.04 Å². The summed E-state index contributed by atoms with van der Waals surface area (Å²) in [6, 6.07) is 2.11. The third-order valence-electron chi connectivity index (χ3n) is 3.93. The summed E-state index contributed by atoms with van der Waals surface area (Å²) in [6.45, 7) is 0.303. The molecule has 0 saturated carbocycles. The number of esters is 1. The molecule has 0 unspecified atom stereocenters. The summed E-state index contributed by atoms with van der Waals surface area (Å²) < 4.78 is 43.2. The van der Waals surface area contributed by atoms with Crippen molar-refractivity contribution in [1.29, 1.82) is 0 Å². The SMILES string of the molecule is COC(=O)C[C@H]1C(=O)NCCN1CC(=O)Nc1ccc(Cl)c(C(F)(F)F)c1. The number of benzene rings is 1.